The van der Waals surface area contributed by atoms with Crippen LogP contribution < -0.4 is 0 Å². The van der Waals surface area contributed by atoms with Gasteiger partial charge >= 0.3 is 0 Å². The van der Waals surface area contributed by atoms with E-state index >= 15 is 0 Å². The fraction of sp³-hybridized carbons (Fsp3) is 0.917. The molecule has 1 atom stereocenters. The van der Waals surface area contributed by atoms with E-state index in [1.807, 2.05) is 0 Å². The zero-order valence-corrected chi connectivity index (χ0v) is 8.47. The van der Waals surface area contributed by atoms with Crippen molar-refractivity contribution in [3.8, 4) is 0 Å². The summed E-state index contributed by atoms with van der Waals surface area (Å²) in [4.78, 5) is 0. The summed E-state index contributed by atoms with van der Waals surface area (Å²) in [5.74, 6) is 2.29. The van der Waals surface area contributed by atoms with Crippen LogP contribution in [0.2, 0.25) is 0 Å². The van der Waals surface area contributed by atoms with Crippen molar-refractivity contribution in [1.29, 1.82) is 0 Å². The fourth-order valence-electron chi connectivity index (χ4n) is 2.97. The van der Waals surface area contributed by atoms with Gasteiger partial charge < -0.3 is 5.11 Å². The average molecular weight is 181 g/mol. The Bertz CT molecular complexity index is 149. The van der Waals surface area contributed by atoms with Crippen molar-refractivity contribution in [2.75, 3.05) is 0 Å². The van der Waals surface area contributed by atoms with Gasteiger partial charge in [-0.05, 0) is 31.6 Å². The quantitative estimate of drug-likeness (QED) is 0.659. The van der Waals surface area contributed by atoms with Crippen LogP contribution in [-0.2, 0) is 0 Å². The number of aliphatic hydroxyl groups is 1. The Labute approximate surface area is 81.5 Å². The van der Waals surface area contributed by atoms with Gasteiger partial charge in [0.2, 0.25) is 0 Å². The second-order valence-electron chi connectivity index (χ2n) is 4.67. The molecular formula is C12H21O. The Morgan fingerprint density at radius 1 is 0.846 bits per heavy atom. The van der Waals surface area contributed by atoms with Crippen LogP contribution in [0.5, 0.6) is 0 Å². The maximum atomic E-state index is 9.88. The van der Waals surface area contributed by atoms with E-state index in [0.29, 0.717) is 0 Å². The Morgan fingerprint density at radius 2 is 1.54 bits per heavy atom. The van der Waals surface area contributed by atoms with Gasteiger partial charge in [0.05, 0.1) is 6.10 Å². The Balaban J connectivity index is 1.88. The molecule has 1 nitrogen and oxygen atoms in total. The molecule has 0 aliphatic heterocycles. The van der Waals surface area contributed by atoms with E-state index < -0.39 is 0 Å². The van der Waals surface area contributed by atoms with E-state index in [4.69, 9.17) is 0 Å². The van der Waals surface area contributed by atoms with Gasteiger partial charge in [-0.15, -0.1) is 0 Å². The molecule has 0 amide bonds. The molecule has 75 valence electrons. The highest BCUT2D eigenvalue weighted by Crippen LogP contribution is 2.39. The largest absolute Gasteiger partial charge is 0.393 e. The van der Waals surface area contributed by atoms with Gasteiger partial charge in [0.15, 0.2) is 0 Å². The van der Waals surface area contributed by atoms with E-state index in [1.54, 1.807) is 0 Å². The highest BCUT2D eigenvalue weighted by atomic mass is 16.3. The lowest BCUT2D eigenvalue weighted by Gasteiger charge is -2.35. The normalized spacial score (nSPS) is 33.5. The summed E-state index contributed by atoms with van der Waals surface area (Å²) >= 11 is 0. The summed E-state index contributed by atoms with van der Waals surface area (Å²) in [6.07, 6.45) is 11.7. The van der Waals surface area contributed by atoms with Gasteiger partial charge in [-0.3, -0.25) is 0 Å². The van der Waals surface area contributed by atoms with Crippen LogP contribution in [-0.4, -0.2) is 11.2 Å². The van der Waals surface area contributed by atoms with Crippen LogP contribution in [0.1, 0.15) is 57.8 Å². The fourth-order valence-corrected chi connectivity index (χ4v) is 2.97. The molecule has 1 heteroatoms. The van der Waals surface area contributed by atoms with Gasteiger partial charge in [-0.2, -0.15) is 0 Å². The summed E-state index contributed by atoms with van der Waals surface area (Å²) in [7, 11) is 0. The summed E-state index contributed by atoms with van der Waals surface area (Å²) in [5.41, 5.74) is 0. The predicted octanol–water partition coefficient (Wildman–Crippen LogP) is 3.08. The number of rotatable bonds is 1. The molecule has 1 N–H and O–H groups in total. The molecule has 2 aliphatic carbocycles. The second kappa shape index (κ2) is 4.45. The number of hydrogen-bond donors (Lipinski definition) is 1. The summed E-state index contributed by atoms with van der Waals surface area (Å²) in [5, 5.41) is 9.88. The maximum Gasteiger partial charge on any atom is 0.0605 e. The molecule has 0 heterocycles. The SMILES string of the molecule is OC1CCCC[C]1C1CCCCC1. The minimum Gasteiger partial charge on any atom is -0.393 e. The summed E-state index contributed by atoms with van der Waals surface area (Å²) < 4.78 is 0. The van der Waals surface area contributed by atoms with Crippen LogP contribution >= 0.6 is 0 Å². The molecule has 0 aromatic rings. The molecule has 2 saturated carbocycles. The smallest absolute Gasteiger partial charge is 0.0605 e. The second-order valence-corrected chi connectivity index (χ2v) is 4.67. The molecule has 2 fully saturated rings. The van der Waals surface area contributed by atoms with Gasteiger partial charge in [0, 0.05) is 5.92 Å². The van der Waals surface area contributed by atoms with Crippen LogP contribution in [0.25, 0.3) is 0 Å². The van der Waals surface area contributed by atoms with Crippen LogP contribution in [0.15, 0.2) is 0 Å². The first-order chi connectivity index (χ1) is 6.38. The van der Waals surface area contributed by atoms with E-state index in [-0.39, 0.29) is 6.10 Å². The molecular weight excluding hydrogens is 160 g/mol. The van der Waals surface area contributed by atoms with Crippen LogP contribution in [0.4, 0.5) is 0 Å². The molecule has 2 aliphatic rings. The zero-order chi connectivity index (χ0) is 9.10. The predicted molar refractivity (Wildman–Crippen MR) is 54.3 cm³/mol. The van der Waals surface area contributed by atoms with E-state index in [9.17, 15) is 5.11 Å². The Morgan fingerprint density at radius 3 is 2.23 bits per heavy atom. The van der Waals surface area contributed by atoms with Crippen molar-refractivity contribution >= 4 is 0 Å². The van der Waals surface area contributed by atoms with Crippen molar-refractivity contribution in [1.82, 2.24) is 0 Å². The lowest BCUT2D eigenvalue weighted by Crippen LogP contribution is -2.30. The first-order valence-corrected chi connectivity index (χ1v) is 5.91. The topological polar surface area (TPSA) is 20.2 Å². The van der Waals surface area contributed by atoms with Crippen molar-refractivity contribution < 1.29 is 5.11 Å². The van der Waals surface area contributed by atoms with E-state index in [0.717, 1.165) is 12.3 Å². The Kier molecular flexibility index (Phi) is 3.26. The highest BCUT2D eigenvalue weighted by Gasteiger charge is 2.31. The molecule has 2 rings (SSSR count). The van der Waals surface area contributed by atoms with Crippen molar-refractivity contribution in [2.45, 2.75) is 63.9 Å². The molecule has 1 unspecified atom stereocenters. The summed E-state index contributed by atoms with van der Waals surface area (Å²) in [6, 6.07) is 0. The van der Waals surface area contributed by atoms with E-state index in [2.05, 4.69) is 0 Å². The monoisotopic (exact) mass is 181 g/mol. The van der Waals surface area contributed by atoms with Gasteiger partial charge in [0.1, 0.15) is 0 Å². The molecule has 0 aromatic heterocycles. The minimum atomic E-state index is -0.0446. The first kappa shape index (κ1) is 9.51. The molecule has 0 aromatic carbocycles. The molecule has 0 saturated heterocycles. The van der Waals surface area contributed by atoms with E-state index in [1.165, 1.54) is 57.3 Å². The standard InChI is InChI=1S/C12H21O/c13-12-9-5-4-8-11(12)10-6-2-1-3-7-10/h10,12-13H,1-9H2. The van der Waals surface area contributed by atoms with Crippen LogP contribution in [0, 0.1) is 11.8 Å². The third-order valence-electron chi connectivity index (χ3n) is 3.75. The summed E-state index contributed by atoms with van der Waals surface area (Å²) in [6.45, 7) is 0. The number of aliphatic hydroxyl groups excluding tert-OH is 1. The molecule has 0 bridgehead atoms. The van der Waals surface area contributed by atoms with Gasteiger partial charge in [-0.1, -0.05) is 32.1 Å². The third-order valence-corrected chi connectivity index (χ3v) is 3.75. The average Bonchev–Trinajstić information content (AvgIpc) is 2.20. The number of hydrogen-bond acceptors (Lipinski definition) is 1. The third kappa shape index (κ3) is 2.25. The highest BCUT2D eigenvalue weighted by molar-refractivity contribution is 5.05. The van der Waals surface area contributed by atoms with Crippen molar-refractivity contribution in [3.05, 3.63) is 5.92 Å². The van der Waals surface area contributed by atoms with Crippen molar-refractivity contribution in [3.63, 3.8) is 0 Å². The maximum absolute atomic E-state index is 9.88. The van der Waals surface area contributed by atoms with Gasteiger partial charge in [-0.25, -0.2) is 0 Å². The zero-order valence-electron chi connectivity index (χ0n) is 8.47. The first-order valence-electron chi connectivity index (χ1n) is 5.91. The lowest BCUT2D eigenvalue weighted by atomic mass is 9.72. The van der Waals surface area contributed by atoms with Gasteiger partial charge in [0.25, 0.3) is 0 Å². The Hall–Kier alpha value is -0.0400. The minimum absolute atomic E-state index is 0.0446. The van der Waals surface area contributed by atoms with Crippen molar-refractivity contribution in [2.24, 2.45) is 5.92 Å². The molecule has 0 spiro atoms. The molecule has 13 heavy (non-hydrogen) atoms. The van der Waals surface area contributed by atoms with Crippen LogP contribution in [0.3, 0.4) is 0 Å². The lowest BCUT2D eigenvalue weighted by molar-refractivity contribution is 0.120. The molecule has 1 radical (unpaired) electrons.